The van der Waals surface area contributed by atoms with Gasteiger partial charge in [0, 0.05) is 13.1 Å². The molecule has 1 aromatic heterocycles. The Hall–Kier alpha value is -1.63. The minimum absolute atomic E-state index is 0.560. The fourth-order valence-corrected chi connectivity index (χ4v) is 1.44. The third-order valence-corrected chi connectivity index (χ3v) is 2.44. The second-order valence-electron chi connectivity index (χ2n) is 3.61. The van der Waals surface area contributed by atoms with Gasteiger partial charge in [0.1, 0.15) is 23.3 Å². The summed E-state index contributed by atoms with van der Waals surface area (Å²) in [6.45, 7) is 1.84. The molecule has 14 heavy (non-hydrogen) atoms. The van der Waals surface area contributed by atoms with Crippen LogP contribution in [-0.2, 0) is 0 Å². The van der Waals surface area contributed by atoms with Crippen LogP contribution in [0.15, 0.2) is 6.20 Å². The molecule has 1 aliphatic rings. The van der Waals surface area contributed by atoms with E-state index in [1.807, 2.05) is 14.0 Å². The van der Waals surface area contributed by atoms with Crippen LogP contribution in [0.4, 0.5) is 5.82 Å². The quantitative estimate of drug-likeness (QED) is 0.701. The summed E-state index contributed by atoms with van der Waals surface area (Å²) in [4.78, 5) is 10.4. The number of aromatic nitrogens is 2. The molecule has 1 fully saturated rings. The SMILES string of the molecule is Cc1ncc(C#N)c(N(C)C2CC2)n1. The Morgan fingerprint density at radius 3 is 2.86 bits per heavy atom. The first-order chi connectivity index (χ1) is 6.72. The van der Waals surface area contributed by atoms with Crippen molar-refractivity contribution < 1.29 is 0 Å². The summed E-state index contributed by atoms with van der Waals surface area (Å²) in [6.07, 6.45) is 3.99. The number of rotatable bonds is 2. The van der Waals surface area contributed by atoms with Crippen LogP contribution in [-0.4, -0.2) is 23.1 Å². The molecule has 1 heterocycles. The maximum Gasteiger partial charge on any atom is 0.150 e. The van der Waals surface area contributed by atoms with E-state index in [-0.39, 0.29) is 0 Å². The number of nitriles is 1. The number of nitrogens with zero attached hydrogens (tertiary/aromatic N) is 4. The van der Waals surface area contributed by atoms with Crippen LogP contribution in [0.1, 0.15) is 24.2 Å². The van der Waals surface area contributed by atoms with Gasteiger partial charge in [-0.1, -0.05) is 0 Å². The van der Waals surface area contributed by atoms with Gasteiger partial charge < -0.3 is 4.90 Å². The summed E-state index contributed by atoms with van der Waals surface area (Å²) in [5, 5.41) is 8.90. The van der Waals surface area contributed by atoms with Crippen molar-refractivity contribution in [3.05, 3.63) is 17.6 Å². The normalized spacial score (nSPS) is 14.9. The van der Waals surface area contributed by atoms with Gasteiger partial charge in [-0.05, 0) is 19.8 Å². The molecule has 0 bridgehead atoms. The molecule has 0 amide bonds. The summed E-state index contributed by atoms with van der Waals surface area (Å²) >= 11 is 0. The summed E-state index contributed by atoms with van der Waals surface area (Å²) in [6, 6.07) is 2.69. The highest BCUT2D eigenvalue weighted by Crippen LogP contribution is 2.30. The molecule has 72 valence electrons. The van der Waals surface area contributed by atoms with Crippen molar-refractivity contribution in [3.8, 4) is 6.07 Å². The summed E-state index contributed by atoms with van der Waals surface area (Å²) in [5.74, 6) is 1.48. The van der Waals surface area contributed by atoms with E-state index in [1.54, 1.807) is 6.20 Å². The van der Waals surface area contributed by atoms with Crippen molar-refractivity contribution in [1.29, 1.82) is 5.26 Å². The van der Waals surface area contributed by atoms with Crippen molar-refractivity contribution in [3.63, 3.8) is 0 Å². The van der Waals surface area contributed by atoms with Crippen molar-refractivity contribution in [2.24, 2.45) is 0 Å². The minimum atomic E-state index is 0.560. The molecular weight excluding hydrogens is 176 g/mol. The molecule has 0 aliphatic heterocycles. The highest BCUT2D eigenvalue weighted by Gasteiger charge is 2.28. The van der Waals surface area contributed by atoms with Crippen LogP contribution in [0.3, 0.4) is 0 Å². The van der Waals surface area contributed by atoms with Gasteiger partial charge in [0.2, 0.25) is 0 Å². The number of hydrogen-bond donors (Lipinski definition) is 0. The Labute approximate surface area is 83.2 Å². The molecule has 0 spiro atoms. The summed E-state index contributed by atoms with van der Waals surface area (Å²) in [5.41, 5.74) is 0.560. The van der Waals surface area contributed by atoms with Crippen molar-refractivity contribution >= 4 is 5.82 Å². The molecule has 0 unspecified atom stereocenters. The molecule has 0 radical (unpaired) electrons. The molecule has 0 aromatic carbocycles. The monoisotopic (exact) mass is 188 g/mol. The lowest BCUT2D eigenvalue weighted by atomic mass is 10.3. The highest BCUT2D eigenvalue weighted by atomic mass is 15.2. The number of hydrogen-bond acceptors (Lipinski definition) is 4. The van der Waals surface area contributed by atoms with E-state index in [2.05, 4.69) is 20.9 Å². The van der Waals surface area contributed by atoms with E-state index >= 15 is 0 Å². The van der Waals surface area contributed by atoms with Gasteiger partial charge in [0.15, 0.2) is 0 Å². The highest BCUT2D eigenvalue weighted by molar-refractivity contribution is 5.53. The lowest BCUT2D eigenvalue weighted by Crippen LogP contribution is -2.22. The molecule has 0 saturated heterocycles. The molecule has 4 nitrogen and oxygen atoms in total. The van der Waals surface area contributed by atoms with E-state index in [0.717, 1.165) is 5.82 Å². The van der Waals surface area contributed by atoms with Crippen molar-refractivity contribution in [2.75, 3.05) is 11.9 Å². The maximum absolute atomic E-state index is 8.90. The largest absolute Gasteiger partial charge is 0.355 e. The van der Waals surface area contributed by atoms with Gasteiger partial charge in [-0.2, -0.15) is 5.26 Å². The van der Waals surface area contributed by atoms with Gasteiger partial charge in [-0.3, -0.25) is 0 Å². The summed E-state index contributed by atoms with van der Waals surface area (Å²) in [7, 11) is 1.99. The first-order valence-corrected chi connectivity index (χ1v) is 4.69. The third kappa shape index (κ3) is 1.53. The fraction of sp³-hybridized carbons (Fsp3) is 0.500. The lowest BCUT2D eigenvalue weighted by Gasteiger charge is -2.18. The molecule has 0 N–H and O–H groups in total. The second kappa shape index (κ2) is 3.26. The molecule has 1 saturated carbocycles. The average molecular weight is 188 g/mol. The third-order valence-electron chi connectivity index (χ3n) is 2.44. The van der Waals surface area contributed by atoms with E-state index in [9.17, 15) is 0 Å². The van der Waals surface area contributed by atoms with Gasteiger partial charge in [0.05, 0.1) is 6.20 Å². The van der Waals surface area contributed by atoms with E-state index in [0.29, 0.717) is 17.4 Å². The zero-order valence-electron chi connectivity index (χ0n) is 8.36. The Kier molecular flexibility index (Phi) is 2.08. The molecule has 4 heteroatoms. The Morgan fingerprint density at radius 2 is 2.29 bits per heavy atom. The second-order valence-corrected chi connectivity index (χ2v) is 3.61. The molecule has 1 aromatic rings. The predicted octanol–water partition coefficient (Wildman–Crippen LogP) is 1.26. The van der Waals surface area contributed by atoms with Crippen LogP contribution in [0.5, 0.6) is 0 Å². The first kappa shape index (κ1) is 8.95. The van der Waals surface area contributed by atoms with Crippen LogP contribution in [0.2, 0.25) is 0 Å². The number of anilines is 1. The maximum atomic E-state index is 8.90. The zero-order valence-corrected chi connectivity index (χ0v) is 8.36. The van der Waals surface area contributed by atoms with Crippen LogP contribution in [0.25, 0.3) is 0 Å². The number of aryl methyl sites for hydroxylation is 1. The van der Waals surface area contributed by atoms with Crippen molar-refractivity contribution in [1.82, 2.24) is 9.97 Å². The van der Waals surface area contributed by atoms with Gasteiger partial charge >= 0.3 is 0 Å². The Balaban J connectivity index is 2.38. The first-order valence-electron chi connectivity index (χ1n) is 4.69. The van der Waals surface area contributed by atoms with Crippen LogP contribution < -0.4 is 4.90 Å². The standard InChI is InChI=1S/C10H12N4/c1-7-12-6-8(5-11)10(13-7)14(2)9-3-4-9/h6,9H,3-4H2,1-2H3. The molecule has 2 rings (SSSR count). The topological polar surface area (TPSA) is 52.8 Å². The smallest absolute Gasteiger partial charge is 0.150 e. The van der Waals surface area contributed by atoms with Crippen LogP contribution >= 0.6 is 0 Å². The van der Waals surface area contributed by atoms with Crippen LogP contribution in [0, 0.1) is 18.3 Å². The van der Waals surface area contributed by atoms with Gasteiger partial charge in [0.25, 0.3) is 0 Å². The van der Waals surface area contributed by atoms with Gasteiger partial charge in [-0.25, -0.2) is 9.97 Å². The lowest BCUT2D eigenvalue weighted by molar-refractivity contribution is 0.870. The Bertz CT molecular complexity index is 390. The predicted molar refractivity (Wildman–Crippen MR) is 52.9 cm³/mol. The van der Waals surface area contributed by atoms with E-state index < -0.39 is 0 Å². The fourth-order valence-electron chi connectivity index (χ4n) is 1.44. The molecular formula is C10H12N4. The van der Waals surface area contributed by atoms with E-state index in [1.165, 1.54) is 12.8 Å². The van der Waals surface area contributed by atoms with E-state index in [4.69, 9.17) is 5.26 Å². The summed E-state index contributed by atoms with van der Waals surface area (Å²) < 4.78 is 0. The zero-order chi connectivity index (χ0) is 10.1. The minimum Gasteiger partial charge on any atom is -0.355 e. The molecule has 0 atom stereocenters. The average Bonchev–Trinajstić information content (AvgIpc) is 3.00. The Morgan fingerprint density at radius 1 is 1.57 bits per heavy atom. The van der Waals surface area contributed by atoms with Gasteiger partial charge in [-0.15, -0.1) is 0 Å². The van der Waals surface area contributed by atoms with Crippen molar-refractivity contribution in [2.45, 2.75) is 25.8 Å². The molecule has 1 aliphatic carbocycles.